The van der Waals surface area contributed by atoms with Crippen molar-refractivity contribution in [3.8, 4) is 40.6 Å². The Labute approximate surface area is 302 Å². The van der Waals surface area contributed by atoms with E-state index in [2.05, 4.69) is 19.9 Å². The molecule has 12 nitrogen and oxygen atoms in total. The van der Waals surface area contributed by atoms with Gasteiger partial charge in [-0.25, -0.2) is 0 Å². The van der Waals surface area contributed by atoms with Crippen LogP contribution in [0.25, 0.3) is 0 Å². The number of benzene rings is 2. The molecule has 0 saturated heterocycles. The fourth-order valence-corrected chi connectivity index (χ4v) is 6.58. The molecule has 5 atom stereocenters. The second kappa shape index (κ2) is 20.4. The quantitative estimate of drug-likeness (QED) is 0.0475. The number of nitro groups is 1. The van der Waals surface area contributed by atoms with Crippen molar-refractivity contribution in [1.82, 2.24) is 0 Å². The van der Waals surface area contributed by atoms with Crippen molar-refractivity contribution in [1.29, 1.82) is 5.26 Å². The van der Waals surface area contributed by atoms with Crippen LogP contribution in [0.3, 0.4) is 0 Å². The zero-order chi connectivity index (χ0) is 37.4. The number of esters is 1. The van der Waals surface area contributed by atoms with Gasteiger partial charge in [0, 0.05) is 17.4 Å². The highest BCUT2D eigenvalue weighted by Crippen LogP contribution is 2.53. The summed E-state index contributed by atoms with van der Waals surface area (Å²) in [5, 5.41) is 23.8. The largest absolute Gasteiger partial charge is 0.490 e. The zero-order valence-electron chi connectivity index (χ0n) is 31.4. The van der Waals surface area contributed by atoms with E-state index in [0.717, 1.165) is 38.5 Å². The van der Waals surface area contributed by atoms with Crippen molar-refractivity contribution >= 4 is 5.97 Å². The molecule has 2 aromatic rings. The molecule has 282 valence electrons. The van der Waals surface area contributed by atoms with Gasteiger partial charge in [-0.1, -0.05) is 71.9 Å². The Balaban J connectivity index is 2.10. The normalized spacial score (nSPS) is 16.5. The van der Waals surface area contributed by atoms with Gasteiger partial charge in [0.25, 0.3) is 6.04 Å². The minimum atomic E-state index is -1.33. The number of hydrogen-bond acceptors (Lipinski definition) is 11. The maximum atomic E-state index is 12.7. The number of nitriles is 1. The highest BCUT2D eigenvalue weighted by molar-refractivity contribution is 5.67. The number of methoxy groups -OCH3 is 2. The van der Waals surface area contributed by atoms with E-state index in [-0.39, 0.29) is 31.8 Å². The van der Waals surface area contributed by atoms with Gasteiger partial charge in [-0.2, -0.15) is 5.26 Å². The summed E-state index contributed by atoms with van der Waals surface area (Å²) in [6.45, 7) is 10.3. The van der Waals surface area contributed by atoms with Gasteiger partial charge < -0.3 is 33.2 Å². The Morgan fingerprint density at radius 2 is 1.67 bits per heavy atom. The molecule has 0 bridgehead atoms. The lowest BCUT2D eigenvalue weighted by Crippen LogP contribution is -2.44. The molecule has 3 rings (SSSR count). The van der Waals surface area contributed by atoms with E-state index in [4.69, 9.17) is 33.2 Å². The van der Waals surface area contributed by atoms with Crippen LogP contribution in [-0.2, 0) is 14.9 Å². The number of carbonyl (C=O) groups is 1. The second-order valence-corrected chi connectivity index (χ2v) is 13.1. The number of unbranched alkanes of at least 4 members (excludes halogenated alkanes) is 4. The maximum absolute atomic E-state index is 12.7. The summed E-state index contributed by atoms with van der Waals surface area (Å²) in [6, 6.07) is 10.2. The van der Waals surface area contributed by atoms with Crippen molar-refractivity contribution < 1.29 is 42.9 Å². The number of nitrogens with zero attached hydrogens (tertiary/aromatic N) is 2. The summed E-state index contributed by atoms with van der Waals surface area (Å²) in [7, 11) is 3.05. The number of rotatable bonds is 23. The Morgan fingerprint density at radius 3 is 2.24 bits per heavy atom. The first-order chi connectivity index (χ1) is 24.6. The van der Waals surface area contributed by atoms with Crippen LogP contribution in [0.1, 0.15) is 104 Å². The predicted molar refractivity (Wildman–Crippen MR) is 193 cm³/mol. The van der Waals surface area contributed by atoms with E-state index >= 15 is 0 Å². The lowest BCUT2D eigenvalue weighted by atomic mass is 9.67. The van der Waals surface area contributed by atoms with Crippen LogP contribution < -0.4 is 28.4 Å². The van der Waals surface area contributed by atoms with Gasteiger partial charge in [-0.3, -0.25) is 14.9 Å². The summed E-state index contributed by atoms with van der Waals surface area (Å²) >= 11 is 0. The van der Waals surface area contributed by atoms with Crippen LogP contribution in [0, 0.1) is 27.4 Å². The second-order valence-electron chi connectivity index (χ2n) is 13.1. The summed E-state index contributed by atoms with van der Waals surface area (Å²) in [6.07, 6.45) is 4.43. The number of ether oxygens (including phenoxy) is 7. The van der Waals surface area contributed by atoms with Gasteiger partial charge in [0.15, 0.2) is 29.1 Å². The van der Waals surface area contributed by atoms with Crippen LogP contribution in [0.4, 0.5) is 0 Å². The van der Waals surface area contributed by atoms with Crippen LogP contribution in [0.15, 0.2) is 30.3 Å². The zero-order valence-corrected chi connectivity index (χ0v) is 31.4. The van der Waals surface area contributed by atoms with Gasteiger partial charge in [-0.05, 0) is 49.8 Å². The summed E-state index contributed by atoms with van der Waals surface area (Å²) in [5.74, 6) is 1.60. The summed E-state index contributed by atoms with van der Waals surface area (Å²) < 4.78 is 42.0. The molecule has 12 heteroatoms. The molecule has 5 unspecified atom stereocenters. The summed E-state index contributed by atoms with van der Waals surface area (Å²) in [4.78, 5) is 24.6. The average molecular weight is 713 g/mol. The van der Waals surface area contributed by atoms with Gasteiger partial charge >= 0.3 is 5.97 Å². The van der Waals surface area contributed by atoms with Crippen molar-refractivity contribution in [2.45, 2.75) is 122 Å². The van der Waals surface area contributed by atoms with Crippen molar-refractivity contribution in [3.63, 3.8) is 0 Å². The molecule has 0 aromatic heterocycles. The molecule has 0 saturated carbocycles. The monoisotopic (exact) mass is 712 g/mol. The van der Waals surface area contributed by atoms with Crippen LogP contribution in [0.2, 0.25) is 0 Å². The molecule has 0 fully saturated rings. The number of hydrogen-bond donors (Lipinski definition) is 0. The first kappa shape index (κ1) is 41.0. The molecule has 1 aliphatic rings. The van der Waals surface area contributed by atoms with Gasteiger partial charge in [0.1, 0.15) is 12.7 Å². The average Bonchev–Trinajstić information content (AvgIpc) is 3.13. The standard InChI is InChI=1S/C39H56N2O10/c1-8-11-15-21-47-35-24-30(36(48-22-16-12-9-2)38(46-7)37(35)45-6)39(26-40,27(4)10-3)20-19-32(50-28(5)42)31(41(43)44)23-29-25-49-33-17-13-14-18-34(33)51-29/h13-14,17-18,24,27,29,31-32H,8-12,15-16,19-23,25H2,1-7H3. The molecule has 0 amide bonds. The van der Waals surface area contributed by atoms with Gasteiger partial charge in [0.05, 0.1) is 45.3 Å². The lowest BCUT2D eigenvalue weighted by molar-refractivity contribution is -0.536. The number of fused-ring (bicyclic) bond motifs is 1. The predicted octanol–water partition coefficient (Wildman–Crippen LogP) is 8.24. The topological polar surface area (TPSA) is 149 Å². The lowest BCUT2D eigenvalue weighted by Gasteiger charge is -2.36. The molecule has 51 heavy (non-hydrogen) atoms. The first-order valence-corrected chi connectivity index (χ1v) is 18.3. The van der Waals surface area contributed by atoms with Crippen molar-refractivity contribution in [2.24, 2.45) is 5.92 Å². The Kier molecular flexibility index (Phi) is 16.4. The minimum Gasteiger partial charge on any atom is -0.490 e. The molecular weight excluding hydrogens is 656 g/mol. The number of carbonyl (C=O) groups excluding carboxylic acids is 1. The van der Waals surface area contributed by atoms with Crippen LogP contribution in [-0.4, -0.2) is 63.2 Å². The molecular formula is C39H56N2O10. The first-order valence-electron chi connectivity index (χ1n) is 18.3. The molecule has 0 aliphatic carbocycles. The third-order valence-corrected chi connectivity index (χ3v) is 9.61. The van der Waals surface area contributed by atoms with Crippen LogP contribution >= 0.6 is 0 Å². The molecule has 0 spiro atoms. The van der Waals surface area contributed by atoms with E-state index in [1.165, 1.54) is 21.1 Å². The van der Waals surface area contributed by atoms with Gasteiger partial charge in [0.2, 0.25) is 11.5 Å². The fraction of sp³-hybridized carbons (Fsp3) is 0.641. The van der Waals surface area contributed by atoms with Gasteiger partial charge in [-0.15, -0.1) is 0 Å². The summed E-state index contributed by atoms with van der Waals surface area (Å²) in [5.41, 5.74) is -0.711. The molecule has 0 N–H and O–H groups in total. The van der Waals surface area contributed by atoms with E-state index in [1.54, 1.807) is 24.3 Å². The highest BCUT2D eigenvalue weighted by Gasteiger charge is 2.46. The van der Waals surface area contributed by atoms with Crippen molar-refractivity contribution in [3.05, 3.63) is 46.0 Å². The highest BCUT2D eigenvalue weighted by atomic mass is 16.6. The Hall–Kier alpha value is -4.40. The molecule has 2 aromatic carbocycles. The fourth-order valence-electron chi connectivity index (χ4n) is 6.58. The van der Waals surface area contributed by atoms with E-state index in [0.29, 0.717) is 59.7 Å². The Bertz CT molecular complexity index is 1460. The smallest absolute Gasteiger partial charge is 0.303 e. The molecule has 0 radical (unpaired) electrons. The van der Waals surface area contributed by atoms with E-state index < -0.39 is 34.6 Å². The van der Waals surface area contributed by atoms with Crippen LogP contribution in [0.5, 0.6) is 34.5 Å². The molecule has 1 aliphatic heterocycles. The third-order valence-electron chi connectivity index (χ3n) is 9.61. The maximum Gasteiger partial charge on any atom is 0.303 e. The van der Waals surface area contributed by atoms with Crippen molar-refractivity contribution in [2.75, 3.05) is 34.0 Å². The van der Waals surface area contributed by atoms with E-state index in [9.17, 15) is 20.2 Å². The third kappa shape index (κ3) is 10.6. The Morgan fingerprint density at radius 1 is 1.02 bits per heavy atom. The number of para-hydroxylation sites is 2. The van der Waals surface area contributed by atoms with E-state index in [1.807, 2.05) is 19.9 Å². The molecule has 1 heterocycles. The minimum absolute atomic E-state index is 0.0175. The SMILES string of the molecule is CCCCCOc1cc(C(C#N)(CCC(OC(C)=O)C(CC2COc3ccccc3O2)[N+](=O)[O-])C(C)CC)c(OCCCCC)c(OC)c1OC.